The quantitative estimate of drug-likeness (QED) is 0.719. The monoisotopic (exact) mass is 196 g/mol. The topological polar surface area (TPSA) is 71.7 Å². The molecule has 5 nitrogen and oxygen atoms in total. The van der Waals surface area contributed by atoms with Gasteiger partial charge in [0.15, 0.2) is 4.96 Å². The first kappa shape index (κ1) is 7.93. The van der Waals surface area contributed by atoms with Crippen molar-refractivity contribution < 1.29 is 9.90 Å². The van der Waals surface area contributed by atoms with Crippen molar-refractivity contribution in [2.45, 2.75) is 0 Å². The molecular formula is C7H4N2O3S. The van der Waals surface area contributed by atoms with Gasteiger partial charge >= 0.3 is 5.97 Å². The number of fused-ring (bicyclic) bond motifs is 1. The molecule has 2 aromatic rings. The van der Waals surface area contributed by atoms with Crippen molar-refractivity contribution in [3.05, 3.63) is 33.7 Å². The minimum absolute atomic E-state index is 0.165. The second-order valence-electron chi connectivity index (χ2n) is 2.36. The lowest BCUT2D eigenvalue weighted by Gasteiger charge is -1.85. The molecular weight excluding hydrogens is 192 g/mol. The molecule has 0 unspecified atom stereocenters. The van der Waals surface area contributed by atoms with Crippen molar-refractivity contribution in [1.29, 1.82) is 0 Å². The third-order valence-electron chi connectivity index (χ3n) is 1.47. The van der Waals surface area contributed by atoms with Crippen molar-refractivity contribution in [1.82, 2.24) is 9.38 Å². The number of carboxylic acid groups (broad SMARTS) is 1. The summed E-state index contributed by atoms with van der Waals surface area (Å²) >= 11 is 0.972. The van der Waals surface area contributed by atoms with Gasteiger partial charge in [0.05, 0.1) is 0 Å². The predicted octanol–water partition coefficient (Wildman–Crippen LogP) is 0.454. The first-order chi connectivity index (χ1) is 6.16. The van der Waals surface area contributed by atoms with Crippen LogP contribution in [0.3, 0.4) is 0 Å². The molecule has 0 aliphatic carbocycles. The van der Waals surface area contributed by atoms with Crippen molar-refractivity contribution in [3.8, 4) is 0 Å². The molecule has 0 aliphatic heterocycles. The third kappa shape index (κ3) is 1.31. The average Bonchev–Trinajstić information content (AvgIpc) is 2.46. The fourth-order valence-corrected chi connectivity index (χ4v) is 1.73. The predicted molar refractivity (Wildman–Crippen MR) is 46.3 cm³/mol. The Labute approximate surface area is 75.9 Å². The SMILES string of the molecule is O=C(O)c1cn2ccc(=O)nc2s1. The normalized spacial score (nSPS) is 10.5. The summed E-state index contributed by atoms with van der Waals surface area (Å²) < 4.78 is 1.51. The fraction of sp³-hybridized carbons (Fsp3) is 0. The fourth-order valence-electron chi connectivity index (χ4n) is 0.921. The number of nitrogens with zero attached hydrogens (tertiary/aromatic N) is 2. The van der Waals surface area contributed by atoms with Crippen molar-refractivity contribution in [2.75, 3.05) is 0 Å². The van der Waals surface area contributed by atoms with Crippen LogP contribution in [-0.4, -0.2) is 20.5 Å². The van der Waals surface area contributed by atoms with Crippen LogP contribution in [-0.2, 0) is 0 Å². The van der Waals surface area contributed by atoms with Gasteiger partial charge in [-0.1, -0.05) is 11.3 Å². The van der Waals surface area contributed by atoms with E-state index in [1.807, 2.05) is 0 Å². The number of aromatic carboxylic acids is 1. The summed E-state index contributed by atoms with van der Waals surface area (Å²) in [5, 5.41) is 8.65. The van der Waals surface area contributed by atoms with Gasteiger partial charge in [0.1, 0.15) is 4.88 Å². The molecule has 1 N–H and O–H groups in total. The molecule has 2 rings (SSSR count). The van der Waals surface area contributed by atoms with Crippen LogP contribution < -0.4 is 5.56 Å². The summed E-state index contributed by atoms with van der Waals surface area (Å²) in [4.78, 5) is 25.5. The lowest BCUT2D eigenvalue weighted by atomic mass is 10.5. The number of hydrogen-bond donors (Lipinski definition) is 1. The van der Waals surface area contributed by atoms with Gasteiger partial charge in [0, 0.05) is 18.5 Å². The van der Waals surface area contributed by atoms with Gasteiger partial charge in [-0.05, 0) is 0 Å². The largest absolute Gasteiger partial charge is 0.477 e. The van der Waals surface area contributed by atoms with E-state index in [9.17, 15) is 9.59 Å². The summed E-state index contributed by atoms with van der Waals surface area (Å²) in [5.74, 6) is -1.01. The highest BCUT2D eigenvalue weighted by Crippen LogP contribution is 2.13. The highest BCUT2D eigenvalue weighted by molar-refractivity contribution is 7.18. The molecule has 66 valence electrons. The van der Waals surface area contributed by atoms with Crippen LogP contribution in [0.25, 0.3) is 4.96 Å². The lowest BCUT2D eigenvalue weighted by Crippen LogP contribution is -2.03. The summed E-state index contributed by atoms with van der Waals surface area (Å²) in [6, 6.07) is 1.28. The second-order valence-corrected chi connectivity index (χ2v) is 3.37. The van der Waals surface area contributed by atoms with Crippen LogP contribution in [0, 0.1) is 0 Å². The summed E-state index contributed by atoms with van der Waals surface area (Å²) in [5.41, 5.74) is -0.362. The Morgan fingerprint density at radius 1 is 1.62 bits per heavy atom. The zero-order valence-electron chi connectivity index (χ0n) is 6.30. The highest BCUT2D eigenvalue weighted by atomic mass is 32.1. The van der Waals surface area contributed by atoms with Gasteiger partial charge < -0.3 is 5.11 Å². The summed E-state index contributed by atoms with van der Waals surface area (Å²) in [7, 11) is 0. The van der Waals surface area contributed by atoms with E-state index >= 15 is 0 Å². The Morgan fingerprint density at radius 2 is 2.38 bits per heavy atom. The molecule has 2 heterocycles. The van der Waals surface area contributed by atoms with E-state index in [0.717, 1.165) is 11.3 Å². The number of carboxylic acids is 1. The molecule has 0 radical (unpaired) electrons. The summed E-state index contributed by atoms with van der Waals surface area (Å²) in [6.07, 6.45) is 2.92. The van der Waals surface area contributed by atoms with Crippen LogP contribution in [0.15, 0.2) is 23.3 Å². The molecule has 0 aliphatic rings. The molecule has 0 atom stereocenters. The van der Waals surface area contributed by atoms with Crippen molar-refractivity contribution in [3.63, 3.8) is 0 Å². The van der Waals surface area contributed by atoms with Gasteiger partial charge in [-0.2, -0.15) is 4.98 Å². The molecule has 0 fully saturated rings. The maximum atomic E-state index is 10.8. The molecule has 0 aromatic carbocycles. The second kappa shape index (κ2) is 2.67. The number of hydrogen-bond acceptors (Lipinski definition) is 4. The molecule has 0 saturated heterocycles. The average molecular weight is 196 g/mol. The Hall–Kier alpha value is -1.69. The highest BCUT2D eigenvalue weighted by Gasteiger charge is 2.07. The van der Waals surface area contributed by atoms with Crippen LogP contribution in [0.1, 0.15) is 9.67 Å². The molecule has 6 heteroatoms. The van der Waals surface area contributed by atoms with Gasteiger partial charge in [0.25, 0.3) is 5.56 Å². The van der Waals surface area contributed by atoms with Crippen LogP contribution in [0.5, 0.6) is 0 Å². The van der Waals surface area contributed by atoms with E-state index < -0.39 is 5.97 Å². The van der Waals surface area contributed by atoms with Gasteiger partial charge in [-0.15, -0.1) is 0 Å². The van der Waals surface area contributed by atoms with Gasteiger partial charge in [-0.25, -0.2) is 4.79 Å². The van der Waals surface area contributed by atoms with E-state index in [1.165, 1.54) is 22.9 Å². The Balaban J connectivity index is 2.75. The Kier molecular flexibility index (Phi) is 1.63. The zero-order chi connectivity index (χ0) is 9.42. The van der Waals surface area contributed by atoms with Crippen molar-refractivity contribution >= 4 is 22.3 Å². The van der Waals surface area contributed by atoms with Crippen LogP contribution >= 0.6 is 11.3 Å². The maximum Gasteiger partial charge on any atom is 0.347 e. The van der Waals surface area contributed by atoms with E-state index in [1.54, 1.807) is 0 Å². The number of rotatable bonds is 1. The lowest BCUT2D eigenvalue weighted by molar-refractivity contribution is 0.0702. The minimum atomic E-state index is -1.01. The molecule has 0 saturated carbocycles. The Bertz CT molecular complexity index is 528. The molecule has 0 bridgehead atoms. The Morgan fingerprint density at radius 3 is 3.08 bits per heavy atom. The zero-order valence-corrected chi connectivity index (χ0v) is 7.11. The summed E-state index contributed by atoms with van der Waals surface area (Å²) in [6.45, 7) is 0. The minimum Gasteiger partial charge on any atom is -0.477 e. The van der Waals surface area contributed by atoms with Gasteiger partial charge in [-0.3, -0.25) is 9.20 Å². The maximum absolute atomic E-state index is 10.8. The van der Waals surface area contributed by atoms with E-state index in [-0.39, 0.29) is 10.4 Å². The molecule has 13 heavy (non-hydrogen) atoms. The smallest absolute Gasteiger partial charge is 0.347 e. The van der Waals surface area contributed by atoms with Gasteiger partial charge in [0.2, 0.25) is 0 Å². The van der Waals surface area contributed by atoms with E-state index in [0.29, 0.717) is 4.96 Å². The van der Waals surface area contributed by atoms with E-state index in [4.69, 9.17) is 5.11 Å². The number of aromatic nitrogens is 2. The van der Waals surface area contributed by atoms with Crippen molar-refractivity contribution in [2.24, 2.45) is 0 Å². The van der Waals surface area contributed by atoms with Crippen LogP contribution in [0.4, 0.5) is 0 Å². The third-order valence-corrected chi connectivity index (χ3v) is 2.46. The first-order valence-electron chi connectivity index (χ1n) is 3.39. The number of thiazole rings is 1. The molecule has 0 amide bonds. The number of carbonyl (C=O) groups is 1. The standard InChI is InChI=1S/C7H4N2O3S/c10-5-1-2-9-3-4(6(11)12)13-7(9)8-5/h1-3H,(H,11,12). The first-order valence-corrected chi connectivity index (χ1v) is 4.20. The molecule has 2 aromatic heterocycles. The van der Waals surface area contributed by atoms with Crippen LogP contribution in [0.2, 0.25) is 0 Å². The molecule has 0 spiro atoms. The van der Waals surface area contributed by atoms with E-state index in [2.05, 4.69) is 4.98 Å².